The highest BCUT2D eigenvalue weighted by molar-refractivity contribution is 6.32. The van der Waals surface area contributed by atoms with Crippen LogP contribution in [0.3, 0.4) is 0 Å². The van der Waals surface area contributed by atoms with E-state index in [1.165, 1.54) is 6.33 Å². The normalized spacial score (nSPS) is 15.4. The van der Waals surface area contributed by atoms with Crippen molar-refractivity contribution in [1.29, 1.82) is 0 Å². The van der Waals surface area contributed by atoms with Crippen LogP contribution in [0, 0.1) is 12.8 Å². The number of aromatic nitrogens is 3. The molecule has 2 aromatic heterocycles. The number of aryl methyl sites for hydroxylation is 1. The molecule has 8 nitrogen and oxygen atoms in total. The topological polar surface area (TPSA) is 96.2 Å². The van der Waals surface area contributed by atoms with Crippen molar-refractivity contribution in [3.63, 3.8) is 0 Å². The summed E-state index contributed by atoms with van der Waals surface area (Å²) in [5.41, 5.74) is 0.708. The summed E-state index contributed by atoms with van der Waals surface area (Å²) < 4.78 is 4.96. The molecule has 1 aliphatic rings. The average molecular weight is 351 g/mol. The number of amides is 1. The van der Waals surface area contributed by atoms with Crippen molar-refractivity contribution in [3.05, 3.63) is 23.3 Å². The molecule has 24 heavy (non-hydrogen) atoms. The quantitative estimate of drug-likeness (QED) is 0.817. The molecule has 0 saturated carbocycles. The van der Waals surface area contributed by atoms with E-state index in [1.807, 2.05) is 0 Å². The predicted molar refractivity (Wildman–Crippen MR) is 91.4 cm³/mol. The fourth-order valence-corrected chi connectivity index (χ4v) is 3.04. The first-order chi connectivity index (χ1) is 11.6. The summed E-state index contributed by atoms with van der Waals surface area (Å²) in [5.74, 6) is 1.80. The minimum atomic E-state index is -0.0615. The van der Waals surface area contributed by atoms with Crippen molar-refractivity contribution in [2.75, 3.05) is 35.7 Å². The zero-order valence-electron chi connectivity index (χ0n) is 13.5. The molecule has 0 unspecified atom stereocenters. The lowest BCUT2D eigenvalue weighted by Crippen LogP contribution is -2.39. The highest BCUT2D eigenvalue weighted by atomic mass is 35.5. The molecular formula is C15H19ClN6O2. The van der Waals surface area contributed by atoms with E-state index in [9.17, 15) is 4.79 Å². The van der Waals surface area contributed by atoms with Gasteiger partial charge in [-0.2, -0.15) is 0 Å². The van der Waals surface area contributed by atoms with Crippen molar-refractivity contribution in [3.8, 4) is 0 Å². The Morgan fingerprint density at radius 2 is 2.12 bits per heavy atom. The Balaban J connectivity index is 1.61. The van der Waals surface area contributed by atoms with Crippen LogP contribution in [-0.4, -0.2) is 41.2 Å². The van der Waals surface area contributed by atoms with Gasteiger partial charge in [-0.05, 0) is 19.8 Å². The molecular weight excluding hydrogens is 332 g/mol. The molecule has 0 bridgehead atoms. The second kappa shape index (κ2) is 7.04. The molecule has 9 heteroatoms. The van der Waals surface area contributed by atoms with Gasteiger partial charge in [-0.3, -0.25) is 4.79 Å². The van der Waals surface area contributed by atoms with E-state index < -0.39 is 0 Å². The molecule has 128 valence electrons. The van der Waals surface area contributed by atoms with Gasteiger partial charge < -0.3 is 20.1 Å². The second-order valence-electron chi connectivity index (χ2n) is 5.69. The highest BCUT2D eigenvalue weighted by Gasteiger charge is 2.27. The van der Waals surface area contributed by atoms with E-state index in [0.29, 0.717) is 22.4 Å². The zero-order chi connectivity index (χ0) is 17.1. The van der Waals surface area contributed by atoms with Gasteiger partial charge in [0, 0.05) is 32.1 Å². The molecule has 0 spiro atoms. The Kier molecular flexibility index (Phi) is 4.84. The highest BCUT2D eigenvalue weighted by Crippen LogP contribution is 2.31. The summed E-state index contributed by atoms with van der Waals surface area (Å²) in [6.45, 7) is 3.23. The number of anilines is 3. The minimum Gasteiger partial charge on any atom is -0.383 e. The number of carbonyl (C=O) groups is 1. The van der Waals surface area contributed by atoms with E-state index in [2.05, 4.69) is 30.7 Å². The maximum absolute atomic E-state index is 12.3. The predicted octanol–water partition coefficient (Wildman–Crippen LogP) is 2.32. The van der Waals surface area contributed by atoms with Gasteiger partial charge in [-0.25, -0.2) is 9.97 Å². The van der Waals surface area contributed by atoms with Crippen LogP contribution in [0.2, 0.25) is 5.15 Å². The number of nitrogens with zero attached hydrogens (tertiary/aromatic N) is 4. The lowest BCUT2D eigenvalue weighted by atomic mass is 9.96. The number of hydrogen-bond donors (Lipinski definition) is 2. The molecule has 2 N–H and O–H groups in total. The zero-order valence-corrected chi connectivity index (χ0v) is 14.3. The molecule has 3 heterocycles. The van der Waals surface area contributed by atoms with Gasteiger partial charge >= 0.3 is 0 Å². The van der Waals surface area contributed by atoms with Gasteiger partial charge in [-0.15, -0.1) is 0 Å². The van der Waals surface area contributed by atoms with E-state index in [0.717, 1.165) is 31.7 Å². The summed E-state index contributed by atoms with van der Waals surface area (Å²) in [7, 11) is 1.79. The molecule has 0 aromatic carbocycles. The van der Waals surface area contributed by atoms with Crippen LogP contribution in [0.4, 0.5) is 17.3 Å². The van der Waals surface area contributed by atoms with E-state index in [1.54, 1.807) is 20.0 Å². The molecule has 3 rings (SSSR count). The van der Waals surface area contributed by atoms with Crippen LogP contribution in [0.1, 0.15) is 18.6 Å². The lowest BCUT2D eigenvalue weighted by Gasteiger charge is -2.33. The number of piperidine rings is 1. The Hall–Kier alpha value is -2.35. The van der Waals surface area contributed by atoms with E-state index in [4.69, 9.17) is 16.1 Å². The van der Waals surface area contributed by atoms with Gasteiger partial charge in [0.2, 0.25) is 5.91 Å². The van der Waals surface area contributed by atoms with Crippen LogP contribution in [0.5, 0.6) is 0 Å². The third-order valence-electron chi connectivity index (χ3n) is 4.08. The maximum atomic E-state index is 12.3. The molecule has 1 fully saturated rings. The molecule has 2 aromatic rings. The van der Waals surface area contributed by atoms with E-state index in [-0.39, 0.29) is 11.8 Å². The summed E-state index contributed by atoms with van der Waals surface area (Å²) in [6.07, 6.45) is 2.91. The first kappa shape index (κ1) is 16.5. The van der Waals surface area contributed by atoms with Crippen LogP contribution < -0.4 is 15.5 Å². The van der Waals surface area contributed by atoms with Crippen molar-refractivity contribution in [1.82, 2.24) is 15.1 Å². The average Bonchev–Trinajstić information content (AvgIpc) is 2.99. The van der Waals surface area contributed by atoms with Crippen LogP contribution in [-0.2, 0) is 4.79 Å². The fraction of sp³-hybridized carbons (Fsp3) is 0.467. The van der Waals surface area contributed by atoms with Crippen molar-refractivity contribution >= 4 is 34.8 Å². The fourth-order valence-electron chi connectivity index (χ4n) is 2.82. The SMILES string of the molecule is CNc1c(Cl)ncnc1N1CCC(C(=O)Nc2cc(C)on2)CC1. The Morgan fingerprint density at radius 3 is 2.75 bits per heavy atom. The summed E-state index contributed by atoms with van der Waals surface area (Å²) in [5, 5.41) is 10.0. The number of carbonyl (C=O) groups excluding carboxylic acids is 1. The maximum Gasteiger partial charge on any atom is 0.228 e. The van der Waals surface area contributed by atoms with Gasteiger partial charge in [0.25, 0.3) is 0 Å². The van der Waals surface area contributed by atoms with Crippen LogP contribution in [0.25, 0.3) is 0 Å². The molecule has 0 aliphatic carbocycles. The largest absolute Gasteiger partial charge is 0.383 e. The van der Waals surface area contributed by atoms with Crippen molar-refractivity contribution < 1.29 is 9.32 Å². The van der Waals surface area contributed by atoms with Crippen molar-refractivity contribution in [2.45, 2.75) is 19.8 Å². The molecule has 1 aliphatic heterocycles. The summed E-state index contributed by atoms with van der Waals surface area (Å²) >= 11 is 6.10. The molecule has 0 atom stereocenters. The first-order valence-corrected chi connectivity index (χ1v) is 8.13. The number of hydrogen-bond acceptors (Lipinski definition) is 7. The van der Waals surface area contributed by atoms with Gasteiger partial charge in [0.05, 0.1) is 0 Å². The van der Waals surface area contributed by atoms with Gasteiger partial charge in [0.15, 0.2) is 16.8 Å². The van der Waals surface area contributed by atoms with E-state index >= 15 is 0 Å². The summed E-state index contributed by atoms with van der Waals surface area (Å²) in [6, 6.07) is 1.70. The second-order valence-corrected chi connectivity index (χ2v) is 6.04. The lowest BCUT2D eigenvalue weighted by molar-refractivity contribution is -0.120. The summed E-state index contributed by atoms with van der Waals surface area (Å²) in [4.78, 5) is 22.7. The first-order valence-electron chi connectivity index (χ1n) is 7.76. The monoisotopic (exact) mass is 350 g/mol. The molecule has 0 radical (unpaired) electrons. The minimum absolute atomic E-state index is 0.0301. The Bertz CT molecular complexity index is 727. The Labute approximate surface area is 144 Å². The molecule has 1 amide bonds. The smallest absolute Gasteiger partial charge is 0.228 e. The Morgan fingerprint density at radius 1 is 1.38 bits per heavy atom. The van der Waals surface area contributed by atoms with Crippen molar-refractivity contribution in [2.24, 2.45) is 5.92 Å². The van der Waals surface area contributed by atoms with Gasteiger partial charge in [0.1, 0.15) is 17.8 Å². The number of nitrogens with one attached hydrogen (secondary N) is 2. The number of halogens is 1. The number of rotatable bonds is 4. The molecule has 1 saturated heterocycles. The van der Waals surface area contributed by atoms with Gasteiger partial charge in [-0.1, -0.05) is 16.8 Å². The van der Waals surface area contributed by atoms with Crippen LogP contribution in [0.15, 0.2) is 16.9 Å². The third kappa shape index (κ3) is 3.43. The standard InChI is InChI=1S/C15H19ClN6O2/c1-9-7-11(21-24-9)20-15(23)10-3-5-22(6-4-10)14-12(17-2)13(16)18-8-19-14/h7-8,10,17H,3-6H2,1-2H3,(H,20,21,23). The third-order valence-corrected chi connectivity index (χ3v) is 4.36. The van der Waals surface area contributed by atoms with Crippen LogP contribution >= 0.6 is 11.6 Å².